The summed E-state index contributed by atoms with van der Waals surface area (Å²) in [7, 11) is 0. The smallest absolute Gasteiger partial charge is 0.166 e. The van der Waals surface area contributed by atoms with E-state index in [1.807, 2.05) is 30.0 Å². The standard InChI is InChI=1S/C17H24N2O2S/c1(2-4-10-16-20-11-12-21-16)3-7-13-22-17-18-14-8-5-6-9-15(14)19-17/h5-6,8-9,16H,1-4,7,10-13H2,(H,18,19). The molecule has 120 valence electrons. The topological polar surface area (TPSA) is 47.1 Å². The van der Waals surface area contributed by atoms with Crippen LogP contribution in [0.1, 0.15) is 38.5 Å². The molecule has 0 saturated carbocycles. The number of benzene rings is 1. The summed E-state index contributed by atoms with van der Waals surface area (Å²) in [6.45, 7) is 1.54. The average Bonchev–Trinajstić information content (AvgIpc) is 3.18. The molecule has 1 aliphatic heterocycles. The first-order chi connectivity index (χ1) is 10.9. The number of imidazole rings is 1. The normalized spacial score (nSPS) is 15.8. The molecule has 3 rings (SSSR count). The van der Waals surface area contributed by atoms with Gasteiger partial charge in [0.25, 0.3) is 0 Å². The lowest BCUT2D eigenvalue weighted by atomic mass is 10.1. The van der Waals surface area contributed by atoms with Gasteiger partial charge in [-0.3, -0.25) is 0 Å². The Morgan fingerprint density at radius 1 is 1.05 bits per heavy atom. The lowest BCUT2D eigenvalue weighted by Crippen LogP contribution is -2.06. The quantitative estimate of drug-likeness (QED) is 0.550. The van der Waals surface area contributed by atoms with E-state index in [-0.39, 0.29) is 6.29 Å². The van der Waals surface area contributed by atoms with Crippen molar-refractivity contribution in [2.45, 2.75) is 50.0 Å². The number of ether oxygens (including phenoxy) is 2. The molecule has 4 nitrogen and oxygen atoms in total. The zero-order valence-electron chi connectivity index (χ0n) is 12.9. The number of unbranched alkanes of at least 4 members (excludes halogenated alkanes) is 4. The summed E-state index contributed by atoms with van der Waals surface area (Å²) >= 11 is 1.82. The fourth-order valence-electron chi connectivity index (χ4n) is 2.68. The summed E-state index contributed by atoms with van der Waals surface area (Å²) in [5.74, 6) is 1.13. The molecular weight excluding hydrogens is 296 g/mol. The summed E-state index contributed by atoms with van der Waals surface area (Å²) in [5, 5.41) is 1.04. The molecule has 0 aliphatic carbocycles. The maximum absolute atomic E-state index is 5.44. The number of aromatic nitrogens is 2. The highest BCUT2D eigenvalue weighted by molar-refractivity contribution is 7.99. The molecule has 1 fully saturated rings. The van der Waals surface area contributed by atoms with E-state index >= 15 is 0 Å². The second-order valence-corrected chi connectivity index (χ2v) is 6.72. The lowest BCUT2D eigenvalue weighted by Gasteiger charge is -2.07. The molecular formula is C17H24N2O2S. The van der Waals surface area contributed by atoms with Crippen LogP contribution in [-0.2, 0) is 9.47 Å². The summed E-state index contributed by atoms with van der Waals surface area (Å²) in [6.07, 6.45) is 7.45. The van der Waals surface area contributed by atoms with Gasteiger partial charge in [0, 0.05) is 5.75 Å². The molecule has 0 atom stereocenters. The predicted octanol–water partition coefficient (Wildman–Crippen LogP) is 4.37. The molecule has 1 saturated heterocycles. The Balaban J connectivity index is 1.23. The van der Waals surface area contributed by atoms with Gasteiger partial charge < -0.3 is 14.5 Å². The van der Waals surface area contributed by atoms with Gasteiger partial charge >= 0.3 is 0 Å². The number of rotatable bonds is 9. The molecule has 1 aliphatic rings. The molecule has 0 spiro atoms. The fraction of sp³-hybridized carbons (Fsp3) is 0.588. The largest absolute Gasteiger partial charge is 0.350 e. The fourth-order valence-corrected chi connectivity index (χ4v) is 3.57. The highest BCUT2D eigenvalue weighted by Crippen LogP contribution is 2.21. The van der Waals surface area contributed by atoms with Gasteiger partial charge in [-0.15, -0.1) is 0 Å². The highest BCUT2D eigenvalue weighted by atomic mass is 32.2. The van der Waals surface area contributed by atoms with E-state index in [2.05, 4.69) is 16.0 Å². The maximum Gasteiger partial charge on any atom is 0.166 e. The second kappa shape index (κ2) is 8.56. The first-order valence-corrected chi connectivity index (χ1v) is 9.21. The Hall–Kier alpha value is -1.04. The van der Waals surface area contributed by atoms with Crippen molar-refractivity contribution in [3.8, 4) is 0 Å². The van der Waals surface area contributed by atoms with Crippen molar-refractivity contribution >= 4 is 22.8 Å². The number of thioether (sulfide) groups is 1. The Morgan fingerprint density at radius 2 is 1.82 bits per heavy atom. The van der Waals surface area contributed by atoms with E-state index in [0.29, 0.717) is 0 Å². The third-order valence-corrected chi connectivity index (χ3v) is 4.84. The SMILES string of the molecule is c1ccc2[nH]c(SCCCCCCCC3OCCO3)nc2c1. The van der Waals surface area contributed by atoms with Gasteiger partial charge in [-0.05, 0) is 31.4 Å². The average molecular weight is 320 g/mol. The van der Waals surface area contributed by atoms with Gasteiger partial charge in [-0.1, -0.05) is 43.2 Å². The molecule has 1 aromatic heterocycles. The molecule has 0 radical (unpaired) electrons. The first kappa shape index (κ1) is 15.8. The van der Waals surface area contributed by atoms with Crippen LogP contribution < -0.4 is 0 Å². The zero-order valence-corrected chi connectivity index (χ0v) is 13.7. The van der Waals surface area contributed by atoms with E-state index in [4.69, 9.17) is 9.47 Å². The van der Waals surface area contributed by atoms with Crippen molar-refractivity contribution in [3.05, 3.63) is 24.3 Å². The maximum atomic E-state index is 5.44. The van der Waals surface area contributed by atoms with Crippen LogP contribution in [0.25, 0.3) is 11.0 Å². The molecule has 2 aromatic rings. The molecule has 5 heteroatoms. The summed E-state index contributed by atoms with van der Waals surface area (Å²) in [4.78, 5) is 7.95. The second-order valence-electron chi connectivity index (χ2n) is 5.64. The number of aromatic amines is 1. The van der Waals surface area contributed by atoms with Crippen LogP contribution in [0.3, 0.4) is 0 Å². The van der Waals surface area contributed by atoms with Crippen LogP contribution in [0.15, 0.2) is 29.4 Å². The third kappa shape index (κ3) is 4.73. The Bertz CT molecular complexity index is 534. The van der Waals surface area contributed by atoms with Crippen molar-refractivity contribution in [2.24, 2.45) is 0 Å². The molecule has 2 heterocycles. The Labute approximate surface area is 136 Å². The Morgan fingerprint density at radius 3 is 2.68 bits per heavy atom. The number of nitrogens with one attached hydrogen (secondary N) is 1. The molecule has 0 bridgehead atoms. The predicted molar refractivity (Wildman–Crippen MR) is 90.2 cm³/mol. The number of H-pyrrole nitrogens is 1. The Kier molecular flexibility index (Phi) is 6.16. The molecule has 22 heavy (non-hydrogen) atoms. The van der Waals surface area contributed by atoms with Crippen molar-refractivity contribution < 1.29 is 9.47 Å². The van der Waals surface area contributed by atoms with Gasteiger partial charge in [0.15, 0.2) is 11.4 Å². The van der Waals surface area contributed by atoms with Crippen LogP contribution >= 0.6 is 11.8 Å². The summed E-state index contributed by atoms with van der Waals surface area (Å²) in [5.41, 5.74) is 2.18. The zero-order chi connectivity index (χ0) is 15.0. The van der Waals surface area contributed by atoms with Crippen LogP contribution in [0.4, 0.5) is 0 Å². The van der Waals surface area contributed by atoms with Crippen molar-refractivity contribution in [2.75, 3.05) is 19.0 Å². The molecule has 1 N–H and O–H groups in total. The van der Waals surface area contributed by atoms with Gasteiger partial charge in [0.2, 0.25) is 0 Å². The number of hydrogen-bond donors (Lipinski definition) is 1. The van der Waals surface area contributed by atoms with E-state index in [0.717, 1.165) is 41.6 Å². The number of para-hydroxylation sites is 2. The molecule has 1 aromatic carbocycles. The number of nitrogens with zero attached hydrogens (tertiary/aromatic N) is 1. The molecule has 0 amide bonds. The van der Waals surface area contributed by atoms with Crippen molar-refractivity contribution in [1.29, 1.82) is 0 Å². The van der Waals surface area contributed by atoms with E-state index in [9.17, 15) is 0 Å². The van der Waals surface area contributed by atoms with Crippen LogP contribution in [0.5, 0.6) is 0 Å². The molecule has 0 unspecified atom stereocenters. The number of hydrogen-bond acceptors (Lipinski definition) is 4. The van der Waals surface area contributed by atoms with Gasteiger partial charge in [-0.25, -0.2) is 4.98 Å². The number of fused-ring (bicyclic) bond motifs is 1. The minimum atomic E-state index is 0.0728. The first-order valence-electron chi connectivity index (χ1n) is 8.22. The van der Waals surface area contributed by atoms with Crippen molar-refractivity contribution in [1.82, 2.24) is 9.97 Å². The van der Waals surface area contributed by atoms with Gasteiger partial charge in [0.1, 0.15) is 0 Å². The van der Waals surface area contributed by atoms with Gasteiger partial charge in [0.05, 0.1) is 24.2 Å². The van der Waals surface area contributed by atoms with Crippen molar-refractivity contribution in [3.63, 3.8) is 0 Å². The minimum Gasteiger partial charge on any atom is -0.350 e. The third-order valence-electron chi connectivity index (χ3n) is 3.88. The highest BCUT2D eigenvalue weighted by Gasteiger charge is 2.14. The van der Waals surface area contributed by atoms with E-state index < -0.39 is 0 Å². The van der Waals surface area contributed by atoms with Crippen LogP contribution in [-0.4, -0.2) is 35.2 Å². The van der Waals surface area contributed by atoms with E-state index in [1.165, 1.54) is 32.1 Å². The summed E-state index contributed by atoms with van der Waals surface area (Å²) < 4.78 is 10.9. The monoisotopic (exact) mass is 320 g/mol. The summed E-state index contributed by atoms with van der Waals surface area (Å²) in [6, 6.07) is 8.19. The van der Waals surface area contributed by atoms with Gasteiger partial charge in [-0.2, -0.15) is 0 Å². The minimum absolute atomic E-state index is 0.0728. The van der Waals surface area contributed by atoms with Crippen LogP contribution in [0, 0.1) is 0 Å². The lowest BCUT2D eigenvalue weighted by molar-refractivity contribution is -0.0480. The van der Waals surface area contributed by atoms with E-state index in [1.54, 1.807) is 0 Å². The van der Waals surface area contributed by atoms with Crippen LogP contribution in [0.2, 0.25) is 0 Å².